The lowest BCUT2D eigenvalue weighted by Gasteiger charge is -2.09. The third-order valence-corrected chi connectivity index (χ3v) is 5.08. The Hall–Kier alpha value is -3.81. The van der Waals surface area contributed by atoms with Crippen molar-refractivity contribution in [2.75, 3.05) is 0 Å². The van der Waals surface area contributed by atoms with Crippen molar-refractivity contribution in [2.24, 2.45) is 0 Å². The molecule has 0 spiro atoms. The van der Waals surface area contributed by atoms with Gasteiger partial charge in [0.2, 0.25) is 5.91 Å². The number of nitrogens with zero attached hydrogens (tertiary/aromatic N) is 4. The first-order valence-corrected chi connectivity index (χ1v) is 9.97. The molecule has 2 heterocycles. The van der Waals surface area contributed by atoms with Crippen LogP contribution in [0.25, 0.3) is 16.7 Å². The van der Waals surface area contributed by atoms with E-state index in [1.165, 1.54) is 34.8 Å². The van der Waals surface area contributed by atoms with Gasteiger partial charge in [-0.05, 0) is 41.3 Å². The van der Waals surface area contributed by atoms with Crippen LogP contribution in [0.2, 0.25) is 0 Å². The number of hydrogen-bond acceptors (Lipinski definition) is 4. The summed E-state index contributed by atoms with van der Waals surface area (Å²) in [6.45, 7) is 4.32. The number of nitrogens with one attached hydrogen (secondary N) is 1. The van der Waals surface area contributed by atoms with Gasteiger partial charge in [0, 0.05) is 6.54 Å². The molecule has 0 aliphatic heterocycles. The molecule has 1 N–H and O–H groups in total. The van der Waals surface area contributed by atoms with Crippen LogP contribution in [0.3, 0.4) is 0 Å². The minimum Gasteiger partial charge on any atom is -0.350 e. The highest BCUT2D eigenvalue weighted by Gasteiger charge is 2.13. The summed E-state index contributed by atoms with van der Waals surface area (Å²) in [4.78, 5) is 29.4. The zero-order valence-electron chi connectivity index (χ0n) is 17.2. The number of carbonyl (C=O) groups is 1. The van der Waals surface area contributed by atoms with Gasteiger partial charge >= 0.3 is 0 Å². The third-order valence-electron chi connectivity index (χ3n) is 5.08. The first-order valence-electron chi connectivity index (χ1n) is 9.97. The van der Waals surface area contributed by atoms with Crippen molar-refractivity contribution in [3.05, 3.63) is 88.4 Å². The Labute approximate surface area is 178 Å². The van der Waals surface area contributed by atoms with Crippen molar-refractivity contribution in [1.29, 1.82) is 0 Å². The van der Waals surface area contributed by atoms with E-state index >= 15 is 0 Å². The van der Waals surface area contributed by atoms with Gasteiger partial charge in [-0.25, -0.2) is 14.1 Å². The second kappa shape index (κ2) is 8.51. The van der Waals surface area contributed by atoms with E-state index in [-0.39, 0.29) is 30.4 Å². The number of aromatic nitrogens is 4. The van der Waals surface area contributed by atoms with Gasteiger partial charge in [-0.3, -0.25) is 14.2 Å². The number of hydrogen-bond donors (Lipinski definition) is 1. The molecule has 1 amide bonds. The zero-order chi connectivity index (χ0) is 22.0. The summed E-state index contributed by atoms with van der Waals surface area (Å²) in [5.74, 6) is -0.260. The van der Waals surface area contributed by atoms with Gasteiger partial charge < -0.3 is 5.32 Å². The zero-order valence-corrected chi connectivity index (χ0v) is 17.2. The van der Waals surface area contributed by atoms with Crippen LogP contribution >= 0.6 is 0 Å². The van der Waals surface area contributed by atoms with Crippen LogP contribution in [0.15, 0.2) is 65.8 Å². The molecule has 158 valence electrons. The quantitative estimate of drug-likeness (QED) is 0.521. The van der Waals surface area contributed by atoms with Crippen LogP contribution in [0.4, 0.5) is 4.39 Å². The fourth-order valence-corrected chi connectivity index (χ4v) is 3.26. The molecule has 4 rings (SSSR count). The lowest BCUT2D eigenvalue weighted by Crippen LogP contribution is -2.32. The molecule has 0 aliphatic rings. The molecule has 2 aromatic carbocycles. The van der Waals surface area contributed by atoms with Gasteiger partial charge in [-0.15, -0.1) is 0 Å². The van der Waals surface area contributed by atoms with Crippen molar-refractivity contribution in [2.45, 2.75) is 32.9 Å². The number of benzene rings is 2. The lowest BCUT2D eigenvalue weighted by atomic mass is 10.0. The summed E-state index contributed by atoms with van der Waals surface area (Å²) >= 11 is 0. The summed E-state index contributed by atoms with van der Waals surface area (Å²) < 4.78 is 15.8. The number of amides is 1. The monoisotopic (exact) mass is 419 g/mol. The maximum Gasteiger partial charge on any atom is 0.264 e. The first kappa shape index (κ1) is 20.5. The van der Waals surface area contributed by atoms with Crippen LogP contribution < -0.4 is 10.9 Å². The average molecular weight is 419 g/mol. The minimum atomic E-state index is -0.343. The number of rotatable bonds is 6. The van der Waals surface area contributed by atoms with Gasteiger partial charge in [0.1, 0.15) is 24.1 Å². The molecule has 0 unspecified atom stereocenters. The standard InChI is InChI=1S/C23H22FN5O2/c1-15(2)17-5-9-19(10-6-17)29-22-20(12-27-29)23(31)28(14-26-22)13-21(30)25-11-16-3-7-18(24)8-4-16/h3-10,12,14-15H,11,13H2,1-2H3,(H,25,30). The van der Waals surface area contributed by atoms with E-state index in [9.17, 15) is 14.0 Å². The molecule has 0 saturated carbocycles. The molecule has 0 radical (unpaired) electrons. The Morgan fingerprint density at radius 3 is 2.48 bits per heavy atom. The molecule has 2 aromatic heterocycles. The predicted molar refractivity (Wildman–Crippen MR) is 115 cm³/mol. The smallest absolute Gasteiger partial charge is 0.264 e. The van der Waals surface area contributed by atoms with Crippen LogP contribution in [0.1, 0.15) is 30.9 Å². The second-order valence-electron chi connectivity index (χ2n) is 7.62. The molecule has 4 aromatic rings. The molecule has 0 saturated heterocycles. The summed E-state index contributed by atoms with van der Waals surface area (Å²) in [6.07, 6.45) is 2.82. The molecular formula is C23H22FN5O2. The summed E-state index contributed by atoms with van der Waals surface area (Å²) in [5.41, 5.74) is 2.88. The van der Waals surface area contributed by atoms with E-state index in [0.29, 0.717) is 17.0 Å². The molecule has 0 bridgehead atoms. The highest BCUT2D eigenvalue weighted by Crippen LogP contribution is 2.18. The van der Waals surface area contributed by atoms with Crippen LogP contribution in [0, 0.1) is 5.82 Å². The average Bonchev–Trinajstić information content (AvgIpc) is 3.20. The normalized spacial score (nSPS) is 11.2. The van der Waals surface area contributed by atoms with E-state index in [4.69, 9.17) is 0 Å². The van der Waals surface area contributed by atoms with Crippen molar-refractivity contribution in [3.8, 4) is 5.69 Å². The molecule has 0 atom stereocenters. The molecule has 31 heavy (non-hydrogen) atoms. The van der Waals surface area contributed by atoms with Crippen molar-refractivity contribution >= 4 is 16.9 Å². The van der Waals surface area contributed by atoms with E-state index in [1.807, 2.05) is 24.3 Å². The Balaban J connectivity index is 1.51. The highest BCUT2D eigenvalue weighted by atomic mass is 19.1. The van der Waals surface area contributed by atoms with Gasteiger partial charge in [0.15, 0.2) is 5.65 Å². The summed E-state index contributed by atoms with van der Waals surface area (Å²) in [7, 11) is 0. The lowest BCUT2D eigenvalue weighted by molar-refractivity contribution is -0.121. The topological polar surface area (TPSA) is 81.8 Å². The fourth-order valence-electron chi connectivity index (χ4n) is 3.26. The Bertz CT molecular complexity index is 1270. The molecule has 7 nitrogen and oxygen atoms in total. The van der Waals surface area contributed by atoms with Crippen LogP contribution in [0.5, 0.6) is 0 Å². The maximum atomic E-state index is 13.0. The third kappa shape index (κ3) is 4.37. The maximum absolute atomic E-state index is 13.0. The van der Waals surface area contributed by atoms with E-state index in [1.54, 1.807) is 16.8 Å². The molecular weight excluding hydrogens is 397 g/mol. The largest absolute Gasteiger partial charge is 0.350 e. The van der Waals surface area contributed by atoms with Gasteiger partial charge in [-0.2, -0.15) is 5.10 Å². The van der Waals surface area contributed by atoms with Crippen molar-refractivity contribution < 1.29 is 9.18 Å². The summed E-state index contributed by atoms with van der Waals surface area (Å²) in [5, 5.41) is 7.37. The number of halogens is 1. The van der Waals surface area contributed by atoms with Crippen molar-refractivity contribution in [3.63, 3.8) is 0 Å². The Kier molecular flexibility index (Phi) is 5.62. The van der Waals surface area contributed by atoms with Crippen LogP contribution in [-0.4, -0.2) is 25.2 Å². The van der Waals surface area contributed by atoms with Crippen molar-refractivity contribution in [1.82, 2.24) is 24.6 Å². The summed E-state index contributed by atoms with van der Waals surface area (Å²) in [6, 6.07) is 13.8. The fraction of sp³-hybridized carbons (Fsp3) is 0.217. The molecule has 0 fully saturated rings. The second-order valence-corrected chi connectivity index (χ2v) is 7.62. The van der Waals surface area contributed by atoms with Gasteiger partial charge in [-0.1, -0.05) is 38.1 Å². The van der Waals surface area contributed by atoms with Crippen LogP contribution in [-0.2, 0) is 17.9 Å². The SMILES string of the molecule is CC(C)c1ccc(-n2ncc3c(=O)n(CC(=O)NCc4ccc(F)cc4)cnc32)cc1. The molecule has 0 aliphatic carbocycles. The van der Waals surface area contributed by atoms with Gasteiger partial charge in [0.25, 0.3) is 5.56 Å². The number of fused-ring (bicyclic) bond motifs is 1. The number of carbonyl (C=O) groups excluding carboxylic acids is 1. The predicted octanol–water partition coefficient (Wildman–Crippen LogP) is 3.16. The Morgan fingerprint density at radius 1 is 1.10 bits per heavy atom. The van der Waals surface area contributed by atoms with E-state index < -0.39 is 0 Å². The Morgan fingerprint density at radius 2 is 1.81 bits per heavy atom. The van der Waals surface area contributed by atoms with E-state index in [2.05, 4.69) is 29.2 Å². The highest BCUT2D eigenvalue weighted by molar-refractivity contribution is 5.77. The molecule has 8 heteroatoms. The minimum absolute atomic E-state index is 0.169. The van der Waals surface area contributed by atoms with Gasteiger partial charge in [0.05, 0.1) is 11.9 Å². The van der Waals surface area contributed by atoms with E-state index in [0.717, 1.165) is 11.3 Å². The first-order chi connectivity index (χ1) is 14.9.